The van der Waals surface area contributed by atoms with Gasteiger partial charge in [-0.25, -0.2) is 0 Å². The highest BCUT2D eigenvalue weighted by Crippen LogP contribution is 2.31. The molecule has 1 aromatic rings. The van der Waals surface area contributed by atoms with Crippen LogP contribution in [0.2, 0.25) is 0 Å². The average molecular weight is 246 g/mol. The first kappa shape index (κ1) is 13.1. The Hall–Kier alpha value is -1.35. The van der Waals surface area contributed by atoms with E-state index in [-0.39, 0.29) is 11.9 Å². The third kappa shape index (κ3) is 3.57. The minimum absolute atomic E-state index is 0.0693. The lowest BCUT2D eigenvalue weighted by molar-refractivity contribution is -0.120. The van der Waals surface area contributed by atoms with Gasteiger partial charge in [0.05, 0.1) is 6.42 Å². The summed E-state index contributed by atoms with van der Waals surface area (Å²) in [4.78, 5) is 11.9. The molecular weight excluding hydrogens is 224 g/mol. The summed E-state index contributed by atoms with van der Waals surface area (Å²) >= 11 is 0. The number of carbonyl (C=O) groups is 1. The molecule has 0 aromatic heterocycles. The molecule has 1 atom stereocenters. The van der Waals surface area contributed by atoms with E-state index >= 15 is 0 Å². The summed E-state index contributed by atoms with van der Waals surface area (Å²) in [6.45, 7) is 4.69. The molecule has 0 unspecified atom stereocenters. The largest absolute Gasteiger partial charge is 0.354 e. The summed E-state index contributed by atoms with van der Waals surface area (Å²) in [6.07, 6.45) is 2.88. The van der Waals surface area contributed by atoms with Gasteiger partial charge >= 0.3 is 0 Å². The molecule has 0 aliphatic heterocycles. The number of aryl methyl sites for hydroxylation is 2. The summed E-state index contributed by atoms with van der Waals surface area (Å²) in [7, 11) is 0. The van der Waals surface area contributed by atoms with Crippen LogP contribution in [-0.4, -0.2) is 18.5 Å². The Balaban J connectivity index is 1.84. The van der Waals surface area contributed by atoms with Gasteiger partial charge in [0.25, 0.3) is 0 Å². The molecule has 1 aromatic carbocycles. The molecule has 3 nitrogen and oxygen atoms in total. The van der Waals surface area contributed by atoms with Crippen LogP contribution < -0.4 is 11.1 Å². The van der Waals surface area contributed by atoms with Crippen LogP contribution in [0.4, 0.5) is 0 Å². The molecule has 3 N–H and O–H groups in total. The molecule has 3 heteroatoms. The van der Waals surface area contributed by atoms with E-state index < -0.39 is 0 Å². The van der Waals surface area contributed by atoms with Crippen LogP contribution >= 0.6 is 0 Å². The number of rotatable bonds is 5. The minimum atomic E-state index is 0.0693. The van der Waals surface area contributed by atoms with Gasteiger partial charge in [-0.1, -0.05) is 23.8 Å². The van der Waals surface area contributed by atoms with Gasteiger partial charge in [0.1, 0.15) is 0 Å². The quantitative estimate of drug-likeness (QED) is 0.831. The van der Waals surface area contributed by atoms with E-state index in [9.17, 15) is 4.79 Å². The van der Waals surface area contributed by atoms with Gasteiger partial charge in [-0.3, -0.25) is 4.79 Å². The molecule has 1 aliphatic carbocycles. The SMILES string of the molecule is Cc1ccc(C)c(CC(=O)NC[C@@H](N)C2CC2)c1. The van der Waals surface area contributed by atoms with Gasteiger partial charge in [0, 0.05) is 12.6 Å². The molecule has 1 saturated carbocycles. The first-order chi connectivity index (χ1) is 8.56. The first-order valence-electron chi connectivity index (χ1n) is 6.64. The Morgan fingerprint density at radius 3 is 2.83 bits per heavy atom. The molecule has 1 aliphatic rings. The highest BCUT2D eigenvalue weighted by molar-refractivity contribution is 5.79. The smallest absolute Gasteiger partial charge is 0.224 e. The van der Waals surface area contributed by atoms with Crippen molar-refractivity contribution in [2.24, 2.45) is 11.7 Å². The van der Waals surface area contributed by atoms with Crippen LogP contribution in [0.5, 0.6) is 0 Å². The molecule has 0 spiro atoms. The topological polar surface area (TPSA) is 55.1 Å². The van der Waals surface area contributed by atoms with E-state index in [4.69, 9.17) is 5.73 Å². The Bertz CT molecular complexity index is 438. The van der Waals surface area contributed by atoms with Crippen molar-refractivity contribution in [3.63, 3.8) is 0 Å². The van der Waals surface area contributed by atoms with Crippen molar-refractivity contribution in [3.05, 3.63) is 34.9 Å². The maximum atomic E-state index is 11.9. The number of hydrogen-bond acceptors (Lipinski definition) is 2. The minimum Gasteiger partial charge on any atom is -0.354 e. The zero-order valence-electron chi connectivity index (χ0n) is 11.2. The fraction of sp³-hybridized carbons (Fsp3) is 0.533. The summed E-state index contributed by atoms with van der Waals surface area (Å²) in [5.74, 6) is 0.700. The van der Waals surface area contributed by atoms with Gasteiger partial charge in [0.2, 0.25) is 5.91 Å². The average Bonchev–Trinajstić information content (AvgIpc) is 3.15. The van der Waals surface area contributed by atoms with Crippen molar-refractivity contribution in [2.45, 2.75) is 39.2 Å². The van der Waals surface area contributed by atoms with Crippen molar-refractivity contribution in [3.8, 4) is 0 Å². The standard InChI is InChI=1S/C15H22N2O/c1-10-3-4-11(2)13(7-10)8-15(18)17-9-14(16)12-5-6-12/h3-4,7,12,14H,5-6,8-9,16H2,1-2H3,(H,17,18)/t14-/m1/s1. The number of nitrogens with one attached hydrogen (secondary N) is 1. The number of carbonyl (C=O) groups excluding carboxylic acids is 1. The molecule has 98 valence electrons. The Morgan fingerprint density at radius 1 is 1.44 bits per heavy atom. The first-order valence-corrected chi connectivity index (χ1v) is 6.64. The number of nitrogens with two attached hydrogens (primary N) is 1. The molecule has 1 fully saturated rings. The third-order valence-electron chi connectivity index (χ3n) is 3.62. The Kier molecular flexibility index (Phi) is 4.02. The number of benzene rings is 1. The fourth-order valence-electron chi connectivity index (χ4n) is 2.15. The summed E-state index contributed by atoms with van der Waals surface area (Å²) in [6, 6.07) is 6.34. The molecule has 0 bridgehead atoms. The highest BCUT2D eigenvalue weighted by Gasteiger charge is 2.28. The van der Waals surface area contributed by atoms with Gasteiger partial charge < -0.3 is 11.1 Å². The Labute approximate surface area is 109 Å². The second-order valence-corrected chi connectivity index (χ2v) is 5.41. The van der Waals surface area contributed by atoms with Gasteiger partial charge in [-0.05, 0) is 43.7 Å². The van der Waals surface area contributed by atoms with Crippen LogP contribution in [0.3, 0.4) is 0 Å². The molecule has 0 radical (unpaired) electrons. The molecule has 2 rings (SSSR count). The maximum Gasteiger partial charge on any atom is 0.224 e. The lowest BCUT2D eigenvalue weighted by Gasteiger charge is -2.12. The van der Waals surface area contributed by atoms with E-state index in [1.165, 1.54) is 24.0 Å². The lowest BCUT2D eigenvalue weighted by Crippen LogP contribution is -2.39. The number of amides is 1. The highest BCUT2D eigenvalue weighted by atomic mass is 16.1. The third-order valence-corrected chi connectivity index (χ3v) is 3.62. The van der Waals surface area contributed by atoms with E-state index in [0.29, 0.717) is 18.9 Å². The predicted molar refractivity (Wildman–Crippen MR) is 73.3 cm³/mol. The van der Waals surface area contributed by atoms with Crippen LogP contribution in [0.15, 0.2) is 18.2 Å². The summed E-state index contributed by atoms with van der Waals surface area (Å²) in [5, 5.41) is 2.93. The Morgan fingerprint density at radius 2 is 2.17 bits per heavy atom. The van der Waals surface area contributed by atoms with Crippen molar-refractivity contribution in [2.75, 3.05) is 6.54 Å². The molecule has 1 amide bonds. The van der Waals surface area contributed by atoms with Crippen molar-refractivity contribution >= 4 is 5.91 Å². The monoisotopic (exact) mass is 246 g/mol. The van der Waals surface area contributed by atoms with E-state index in [2.05, 4.69) is 23.5 Å². The normalized spacial score (nSPS) is 16.4. The summed E-state index contributed by atoms with van der Waals surface area (Å²) < 4.78 is 0. The summed E-state index contributed by atoms with van der Waals surface area (Å²) in [5.41, 5.74) is 9.43. The van der Waals surface area contributed by atoms with E-state index in [1.54, 1.807) is 0 Å². The second kappa shape index (κ2) is 5.53. The van der Waals surface area contributed by atoms with Gasteiger partial charge in [-0.15, -0.1) is 0 Å². The van der Waals surface area contributed by atoms with Crippen LogP contribution in [0.1, 0.15) is 29.5 Å². The van der Waals surface area contributed by atoms with Crippen molar-refractivity contribution in [1.82, 2.24) is 5.32 Å². The van der Waals surface area contributed by atoms with Gasteiger partial charge in [-0.2, -0.15) is 0 Å². The zero-order chi connectivity index (χ0) is 13.1. The molecule has 0 heterocycles. The van der Waals surface area contributed by atoms with Crippen LogP contribution in [0.25, 0.3) is 0 Å². The second-order valence-electron chi connectivity index (χ2n) is 5.41. The molecular formula is C15H22N2O. The maximum absolute atomic E-state index is 11.9. The fourth-order valence-corrected chi connectivity index (χ4v) is 2.15. The van der Waals surface area contributed by atoms with Crippen LogP contribution in [-0.2, 0) is 11.2 Å². The zero-order valence-corrected chi connectivity index (χ0v) is 11.2. The van der Waals surface area contributed by atoms with E-state index in [1.807, 2.05) is 13.8 Å². The van der Waals surface area contributed by atoms with Crippen LogP contribution in [0, 0.1) is 19.8 Å². The predicted octanol–water partition coefficient (Wildman–Crippen LogP) is 1.70. The van der Waals surface area contributed by atoms with Gasteiger partial charge in [0.15, 0.2) is 0 Å². The molecule has 18 heavy (non-hydrogen) atoms. The van der Waals surface area contributed by atoms with E-state index in [0.717, 1.165) is 5.56 Å². The van der Waals surface area contributed by atoms with Crippen molar-refractivity contribution < 1.29 is 4.79 Å². The lowest BCUT2D eigenvalue weighted by atomic mass is 10.0. The number of hydrogen-bond donors (Lipinski definition) is 2. The van der Waals surface area contributed by atoms with Crippen molar-refractivity contribution in [1.29, 1.82) is 0 Å². The molecule has 0 saturated heterocycles.